The molecule has 0 bridgehead atoms. The molecule has 0 saturated heterocycles. The van der Waals surface area contributed by atoms with Gasteiger partial charge in [-0.25, -0.2) is 0 Å². The van der Waals surface area contributed by atoms with E-state index in [1.807, 2.05) is 24.3 Å². The Labute approximate surface area is 128 Å². The number of nitrogens with zero attached hydrogens (tertiary/aromatic N) is 1. The first kappa shape index (κ1) is 13.4. The molecular formula is C15H13NO2SSe. The summed E-state index contributed by atoms with van der Waals surface area (Å²) in [5, 5.41) is 1.15. The van der Waals surface area contributed by atoms with Crippen molar-refractivity contribution in [2.75, 3.05) is 14.2 Å². The Morgan fingerprint density at radius 1 is 1.05 bits per heavy atom. The van der Waals surface area contributed by atoms with Crippen LogP contribution in [0.25, 0.3) is 15.3 Å². The number of ether oxygens (including phenoxy) is 2. The molecular weight excluding hydrogens is 337 g/mol. The van der Waals surface area contributed by atoms with Crippen LogP contribution in [0.15, 0.2) is 42.5 Å². The van der Waals surface area contributed by atoms with Crippen LogP contribution in [0.4, 0.5) is 0 Å². The van der Waals surface area contributed by atoms with Gasteiger partial charge < -0.3 is 0 Å². The zero-order chi connectivity index (χ0) is 14.1. The molecule has 3 aromatic rings. The molecule has 2 aromatic carbocycles. The predicted octanol–water partition coefficient (Wildman–Crippen LogP) is 3.43. The first-order valence-corrected chi connectivity index (χ1v) is 8.11. The number of aromatic nitrogens is 1. The number of fused-ring (bicyclic) bond motifs is 1. The molecule has 3 nitrogen and oxygen atoms in total. The molecule has 0 aliphatic carbocycles. The summed E-state index contributed by atoms with van der Waals surface area (Å²) < 4.78 is 15.0. The van der Waals surface area contributed by atoms with Gasteiger partial charge in [0, 0.05) is 0 Å². The van der Waals surface area contributed by atoms with E-state index in [4.69, 9.17) is 21.7 Å². The van der Waals surface area contributed by atoms with Crippen molar-refractivity contribution < 1.29 is 9.47 Å². The van der Waals surface area contributed by atoms with Gasteiger partial charge in [0.1, 0.15) is 0 Å². The van der Waals surface area contributed by atoms with Crippen LogP contribution in [0.1, 0.15) is 0 Å². The van der Waals surface area contributed by atoms with Gasteiger partial charge in [0.05, 0.1) is 0 Å². The Kier molecular flexibility index (Phi) is 3.66. The molecule has 0 radical (unpaired) electrons. The maximum absolute atomic E-state index is 5.60. The van der Waals surface area contributed by atoms with E-state index in [2.05, 4.69) is 21.8 Å². The third kappa shape index (κ3) is 2.18. The van der Waals surface area contributed by atoms with Gasteiger partial charge in [-0.15, -0.1) is 0 Å². The Hall–Kier alpha value is -1.55. The molecule has 0 fully saturated rings. The van der Waals surface area contributed by atoms with Crippen molar-refractivity contribution in [2.45, 2.75) is 0 Å². The van der Waals surface area contributed by atoms with Crippen LogP contribution in [0.5, 0.6) is 11.5 Å². The Bertz CT molecular complexity index is 822. The van der Waals surface area contributed by atoms with Crippen molar-refractivity contribution in [3.8, 4) is 17.2 Å². The second kappa shape index (κ2) is 5.44. The van der Waals surface area contributed by atoms with Crippen molar-refractivity contribution in [3.05, 3.63) is 47.1 Å². The number of benzene rings is 2. The second-order valence-corrected chi connectivity index (χ2v) is 6.68. The van der Waals surface area contributed by atoms with Crippen molar-refractivity contribution >= 4 is 36.6 Å². The summed E-state index contributed by atoms with van der Waals surface area (Å²) in [7, 11) is 3.31. The van der Waals surface area contributed by atoms with Crippen LogP contribution in [0.2, 0.25) is 0 Å². The van der Waals surface area contributed by atoms with Gasteiger partial charge in [0.25, 0.3) is 0 Å². The number of rotatable bonds is 3. The fourth-order valence-corrected chi connectivity index (χ4v) is 4.86. The van der Waals surface area contributed by atoms with Crippen LogP contribution in [0.3, 0.4) is 0 Å². The van der Waals surface area contributed by atoms with Crippen molar-refractivity contribution in [1.29, 1.82) is 0 Å². The molecule has 0 atom stereocenters. The van der Waals surface area contributed by atoms with Crippen molar-refractivity contribution in [1.82, 2.24) is 3.56 Å². The minimum atomic E-state index is 0.148. The Balaban J connectivity index is 2.25. The Morgan fingerprint density at radius 2 is 1.85 bits per heavy atom. The third-order valence-electron chi connectivity index (χ3n) is 3.10. The van der Waals surface area contributed by atoms with E-state index in [-0.39, 0.29) is 14.7 Å². The van der Waals surface area contributed by atoms with E-state index in [0.717, 1.165) is 27.2 Å². The van der Waals surface area contributed by atoms with E-state index < -0.39 is 0 Å². The van der Waals surface area contributed by atoms with Crippen molar-refractivity contribution in [2.24, 2.45) is 0 Å². The summed E-state index contributed by atoms with van der Waals surface area (Å²) in [4.78, 5) is 0. The van der Waals surface area contributed by atoms with E-state index in [9.17, 15) is 0 Å². The molecule has 0 unspecified atom stereocenters. The summed E-state index contributed by atoms with van der Waals surface area (Å²) in [5.74, 6) is 1.56. The Morgan fingerprint density at radius 3 is 2.55 bits per heavy atom. The van der Waals surface area contributed by atoms with E-state index in [1.165, 1.54) is 4.26 Å². The fourth-order valence-electron chi connectivity index (χ4n) is 2.08. The minimum absolute atomic E-state index is 0.148. The van der Waals surface area contributed by atoms with Crippen LogP contribution in [0, 0.1) is 4.64 Å². The quantitative estimate of drug-likeness (QED) is 0.534. The summed E-state index contributed by atoms with van der Waals surface area (Å²) in [5.41, 5.74) is 0.995. The summed E-state index contributed by atoms with van der Waals surface area (Å²) >= 11 is 5.75. The van der Waals surface area contributed by atoms with Crippen LogP contribution in [-0.4, -0.2) is 32.5 Å². The predicted molar refractivity (Wildman–Crippen MR) is 84.2 cm³/mol. The zero-order valence-electron chi connectivity index (χ0n) is 11.1. The molecule has 0 N–H and O–H groups in total. The van der Waals surface area contributed by atoms with Crippen LogP contribution < -0.4 is 9.47 Å². The molecule has 5 heteroatoms. The number of methoxy groups -OCH3 is 2. The second-order valence-electron chi connectivity index (χ2n) is 4.22. The molecule has 1 aromatic heterocycles. The van der Waals surface area contributed by atoms with Crippen molar-refractivity contribution in [3.63, 3.8) is 0 Å². The van der Waals surface area contributed by atoms with Gasteiger partial charge >= 0.3 is 128 Å². The topological polar surface area (TPSA) is 23.4 Å². The monoisotopic (exact) mass is 351 g/mol. The van der Waals surface area contributed by atoms with E-state index in [1.54, 1.807) is 14.2 Å². The van der Waals surface area contributed by atoms with E-state index in [0.29, 0.717) is 0 Å². The standard InChI is InChI=1S/C15H13NO2SSe/c1-17-10-7-8-12(13(9-10)18-2)16-15(19)11-5-3-4-6-14(11)20-16/h3-9H,1-2H3. The number of hydrogen-bond donors (Lipinski definition) is 0. The first-order chi connectivity index (χ1) is 9.74. The molecule has 0 aliphatic rings. The average Bonchev–Trinajstić information content (AvgIpc) is 2.84. The SMILES string of the molecule is COc1ccc(-n2[se]c3ccccc3c2=S)c(OC)c1. The summed E-state index contributed by atoms with van der Waals surface area (Å²) in [6.45, 7) is 0. The molecule has 0 spiro atoms. The van der Waals surface area contributed by atoms with Gasteiger partial charge in [0.2, 0.25) is 0 Å². The molecule has 0 saturated carbocycles. The van der Waals surface area contributed by atoms with Gasteiger partial charge in [-0.05, 0) is 0 Å². The fraction of sp³-hybridized carbons (Fsp3) is 0.133. The summed E-state index contributed by atoms with van der Waals surface area (Å²) in [6.07, 6.45) is 0. The van der Waals surface area contributed by atoms with Gasteiger partial charge in [0.15, 0.2) is 0 Å². The average molecular weight is 350 g/mol. The number of hydrogen-bond acceptors (Lipinski definition) is 3. The molecule has 3 rings (SSSR count). The molecule has 0 amide bonds. The van der Waals surface area contributed by atoms with Crippen LogP contribution in [-0.2, 0) is 0 Å². The summed E-state index contributed by atoms with van der Waals surface area (Å²) in [6, 6.07) is 14.1. The molecule has 20 heavy (non-hydrogen) atoms. The molecule has 0 aliphatic heterocycles. The van der Waals surface area contributed by atoms with Gasteiger partial charge in [-0.2, -0.15) is 0 Å². The third-order valence-corrected chi connectivity index (χ3v) is 6.10. The normalized spacial score (nSPS) is 10.7. The molecule has 102 valence electrons. The maximum atomic E-state index is 5.60. The molecule has 1 heterocycles. The van der Waals surface area contributed by atoms with Crippen LogP contribution >= 0.6 is 12.2 Å². The van der Waals surface area contributed by atoms with E-state index >= 15 is 0 Å². The van der Waals surface area contributed by atoms with Gasteiger partial charge in [-0.1, -0.05) is 0 Å². The zero-order valence-corrected chi connectivity index (χ0v) is 13.7. The van der Waals surface area contributed by atoms with Gasteiger partial charge in [-0.3, -0.25) is 0 Å². The first-order valence-electron chi connectivity index (χ1n) is 6.08.